The molecule has 0 saturated carbocycles. The van der Waals surface area contributed by atoms with Crippen LogP contribution in [0.4, 0.5) is 17.1 Å². The highest BCUT2D eigenvalue weighted by Gasteiger charge is 2.37. The third-order valence-corrected chi connectivity index (χ3v) is 13.1. The third-order valence-electron chi connectivity index (χ3n) is 13.1. The van der Waals surface area contributed by atoms with Gasteiger partial charge in [0.1, 0.15) is 0 Å². The number of anilines is 3. The zero-order valence-corrected chi connectivity index (χ0v) is 36.1. The van der Waals surface area contributed by atoms with E-state index in [1.807, 2.05) is 0 Å². The van der Waals surface area contributed by atoms with Gasteiger partial charge in [-0.2, -0.15) is 0 Å². The van der Waals surface area contributed by atoms with Crippen LogP contribution in [0.1, 0.15) is 25.0 Å². The van der Waals surface area contributed by atoms with E-state index in [2.05, 4.69) is 267 Å². The fourth-order valence-corrected chi connectivity index (χ4v) is 10.0. The van der Waals surface area contributed by atoms with E-state index in [0.29, 0.717) is 0 Å². The Bertz CT molecular complexity index is 3260. The summed E-state index contributed by atoms with van der Waals surface area (Å²) in [4.78, 5) is 2.51. The van der Waals surface area contributed by atoms with Crippen molar-refractivity contribution < 1.29 is 0 Å². The zero-order chi connectivity index (χ0) is 43.0. The van der Waals surface area contributed by atoms with Crippen molar-refractivity contribution in [1.82, 2.24) is 0 Å². The number of benzene rings is 10. The van der Waals surface area contributed by atoms with Gasteiger partial charge in [-0.3, -0.25) is 0 Å². The molecule has 0 saturated heterocycles. The van der Waals surface area contributed by atoms with Crippen LogP contribution in [0.25, 0.3) is 77.9 Å². The quantitative estimate of drug-likeness (QED) is 0.140. The minimum Gasteiger partial charge on any atom is -0.309 e. The van der Waals surface area contributed by atoms with Gasteiger partial charge in [-0.05, 0) is 102 Å². The molecule has 11 rings (SSSR count). The largest absolute Gasteiger partial charge is 0.309 e. The lowest BCUT2D eigenvalue weighted by atomic mass is 9.82. The molecule has 10 aromatic carbocycles. The Morgan fingerprint density at radius 2 is 0.656 bits per heavy atom. The lowest BCUT2D eigenvalue weighted by molar-refractivity contribution is 0.660. The molecule has 0 unspecified atom stereocenters. The first-order chi connectivity index (χ1) is 31.5. The van der Waals surface area contributed by atoms with Gasteiger partial charge < -0.3 is 4.90 Å². The Morgan fingerprint density at radius 3 is 1.30 bits per heavy atom. The minimum atomic E-state index is -0.121. The van der Waals surface area contributed by atoms with E-state index in [9.17, 15) is 0 Å². The summed E-state index contributed by atoms with van der Waals surface area (Å²) in [6, 6.07) is 90.9. The predicted octanol–water partition coefficient (Wildman–Crippen LogP) is 17.5. The maximum absolute atomic E-state index is 2.51. The third kappa shape index (κ3) is 6.83. The summed E-state index contributed by atoms with van der Waals surface area (Å²) in [5.41, 5.74) is 22.8. The summed E-state index contributed by atoms with van der Waals surface area (Å²) in [7, 11) is 0. The highest BCUT2D eigenvalue weighted by molar-refractivity contribution is 6.04. The predicted molar refractivity (Wildman–Crippen MR) is 271 cm³/mol. The van der Waals surface area contributed by atoms with Crippen LogP contribution in [0.3, 0.4) is 0 Å². The highest BCUT2D eigenvalue weighted by Crippen LogP contribution is 2.55. The van der Waals surface area contributed by atoms with Crippen LogP contribution in [0.2, 0.25) is 0 Å². The summed E-state index contributed by atoms with van der Waals surface area (Å²) in [6.07, 6.45) is 0. The molecule has 0 heterocycles. The molecule has 10 aromatic rings. The number of rotatable bonds is 9. The molecular weight excluding hydrogens is 771 g/mol. The normalized spacial score (nSPS) is 12.3. The van der Waals surface area contributed by atoms with E-state index < -0.39 is 0 Å². The van der Waals surface area contributed by atoms with E-state index >= 15 is 0 Å². The van der Waals surface area contributed by atoms with Gasteiger partial charge in [0.15, 0.2) is 0 Å². The number of para-hydroxylation sites is 1. The molecule has 64 heavy (non-hydrogen) atoms. The van der Waals surface area contributed by atoms with Gasteiger partial charge in [-0.25, -0.2) is 0 Å². The molecule has 304 valence electrons. The van der Waals surface area contributed by atoms with Crippen LogP contribution in [0.5, 0.6) is 0 Å². The van der Waals surface area contributed by atoms with Gasteiger partial charge in [0.2, 0.25) is 0 Å². The smallest absolute Gasteiger partial charge is 0.0546 e. The highest BCUT2D eigenvalue weighted by atomic mass is 15.1. The number of nitrogens with zero attached hydrogens (tertiary/aromatic N) is 1. The minimum absolute atomic E-state index is 0.121. The van der Waals surface area contributed by atoms with Crippen molar-refractivity contribution in [2.75, 3.05) is 4.90 Å². The van der Waals surface area contributed by atoms with Crippen LogP contribution in [0, 0.1) is 0 Å². The number of fused-ring (bicyclic) bond motifs is 3. The average molecular weight is 818 g/mol. The number of hydrogen-bond acceptors (Lipinski definition) is 1. The van der Waals surface area contributed by atoms with Gasteiger partial charge in [0.25, 0.3) is 0 Å². The van der Waals surface area contributed by atoms with Crippen LogP contribution in [0.15, 0.2) is 249 Å². The fourth-order valence-electron chi connectivity index (χ4n) is 10.0. The molecule has 0 N–H and O–H groups in total. The van der Waals surface area contributed by atoms with Crippen molar-refractivity contribution in [2.45, 2.75) is 19.3 Å². The topological polar surface area (TPSA) is 3.24 Å². The summed E-state index contributed by atoms with van der Waals surface area (Å²) in [5.74, 6) is 0. The first-order valence-corrected chi connectivity index (χ1v) is 22.3. The maximum Gasteiger partial charge on any atom is 0.0546 e. The Labute approximate surface area is 377 Å². The first kappa shape index (κ1) is 38.9. The molecule has 1 nitrogen and oxygen atoms in total. The average Bonchev–Trinajstić information content (AvgIpc) is 3.61. The molecule has 0 atom stereocenters. The first-order valence-electron chi connectivity index (χ1n) is 22.3. The van der Waals surface area contributed by atoms with Crippen LogP contribution < -0.4 is 4.90 Å². The Kier molecular flexibility index (Phi) is 9.94. The second-order valence-electron chi connectivity index (χ2n) is 17.2. The van der Waals surface area contributed by atoms with Gasteiger partial charge in [0.05, 0.1) is 11.4 Å². The van der Waals surface area contributed by atoms with Crippen molar-refractivity contribution in [2.24, 2.45) is 0 Å². The molecule has 0 amide bonds. The number of hydrogen-bond donors (Lipinski definition) is 0. The fraction of sp³-hybridized carbons (Fsp3) is 0.0476. The van der Waals surface area contributed by atoms with Gasteiger partial charge in [-0.15, -0.1) is 0 Å². The summed E-state index contributed by atoms with van der Waals surface area (Å²) in [5, 5.41) is 0. The Hall–Kier alpha value is -8.00. The molecule has 1 aliphatic rings. The molecule has 0 fully saturated rings. The van der Waals surface area contributed by atoms with Crippen LogP contribution in [-0.4, -0.2) is 0 Å². The van der Waals surface area contributed by atoms with Crippen molar-refractivity contribution >= 4 is 17.1 Å². The Morgan fingerprint density at radius 1 is 0.250 bits per heavy atom. The lowest BCUT2D eigenvalue weighted by Crippen LogP contribution is -2.15. The van der Waals surface area contributed by atoms with Gasteiger partial charge in [0, 0.05) is 22.2 Å². The van der Waals surface area contributed by atoms with Crippen molar-refractivity contribution in [3.05, 3.63) is 260 Å². The summed E-state index contributed by atoms with van der Waals surface area (Å²) in [6.45, 7) is 4.73. The summed E-state index contributed by atoms with van der Waals surface area (Å²) < 4.78 is 0. The maximum atomic E-state index is 2.51. The molecule has 0 aliphatic heterocycles. The van der Waals surface area contributed by atoms with Crippen LogP contribution in [-0.2, 0) is 5.41 Å². The Balaban J connectivity index is 1.16. The molecule has 0 aromatic heterocycles. The van der Waals surface area contributed by atoms with E-state index in [4.69, 9.17) is 0 Å². The van der Waals surface area contributed by atoms with Gasteiger partial charge >= 0.3 is 0 Å². The van der Waals surface area contributed by atoms with Crippen molar-refractivity contribution in [1.29, 1.82) is 0 Å². The van der Waals surface area contributed by atoms with E-state index in [1.165, 1.54) is 89.0 Å². The second kappa shape index (κ2) is 16.4. The molecule has 1 aliphatic carbocycles. The van der Waals surface area contributed by atoms with E-state index in [-0.39, 0.29) is 5.41 Å². The molecule has 0 bridgehead atoms. The van der Waals surface area contributed by atoms with E-state index in [1.54, 1.807) is 0 Å². The monoisotopic (exact) mass is 817 g/mol. The molecule has 0 spiro atoms. The molecule has 0 radical (unpaired) electrons. The van der Waals surface area contributed by atoms with E-state index in [0.717, 1.165) is 17.1 Å². The van der Waals surface area contributed by atoms with Crippen molar-refractivity contribution in [3.8, 4) is 77.9 Å². The zero-order valence-electron chi connectivity index (χ0n) is 36.1. The molecule has 1 heteroatoms. The lowest BCUT2D eigenvalue weighted by Gasteiger charge is -2.32. The second-order valence-corrected chi connectivity index (χ2v) is 17.2. The standard InChI is InChI=1S/C63H47N/c1-63(2)57-32-16-14-29-56(57)61-55(31-18-33-58(61)63)53-27-15-17-34-59(53)64(50-42-40-47(41-43-50)46-38-36-45(37-39-46)44-20-6-3-7-21-44)60-35-19-30-52(49-24-10-5-11-25-49)62(60)54-28-13-12-26-51(54)48-22-8-4-9-23-48/h3-43H,1-2H3. The molecular formula is C63H47N. The SMILES string of the molecule is CC1(C)c2ccccc2-c2c(-c3ccccc3N(c3ccc(-c4ccc(-c5ccccc5)cc4)cc3)c3cccc(-c4ccccc4)c3-c3ccccc3-c3ccccc3)cccc21. The van der Waals surface area contributed by atoms with Gasteiger partial charge in [-0.1, -0.05) is 238 Å². The summed E-state index contributed by atoms with van der Waals surface area (Å²) >= 11 is 0. The van der Waals surface area contributed by atoms with Crippen LogP contribution >= 0.6 is 0 Å². The van der Waals surface area contributed by atoms with Crippen molar-refractivity contribution in [3.63, 3.8) is 0 Å².